The van der Waals surface area contributed by atoms with Gasteiger partial charge in [0.1, 0.15) is 5.75 Å². The first-order valence-corrected chi connectivity index (χ1v) is 15.9. The Hall–Kier alpha value is -3.98. The van der Waals surface area contributed by atoms with Crippen molar-refractivity contribution in [2.24, 2.45) is 4.99 Å². The van der Waals surface area contributed by atoms with Gasteiger partial charge < -0.3 is 14.6 Å². The number of aliphatic imine (C=N–C) groups is 1. The number of hydrogen-bond donors (Lipinski definition) is 2. The predicted octanol–water partition coefficient (Wildman–Crippen LogP) is 6.50. The second-order valence-electron chi connectivity index (χ2n) is 11.2. The van der Waals surface area contributed by atoms with E-state index in [2.05, 4.69) is 45.6 Å². The van der Waals surface area contributed by atoms with Crippen LogP contribution < -0.4 is 10.2 Å². The second-order valence-corrected chi connectivity index (χ2v) is 12.1. The summed E-state index contributed by atoms with van der Waals surface area (Å²) in [6.07, 6.45) is 2.35. The number of benzene rings is 4. The van der Waals surface area contributed by atoms with Gasteiger partial charge in [-0.25, -0.2) is 10.0 Å². The smallest absolute Gasteiger partial charge is 0.266 e. The first kappa shape index (κ1) is 30.1. The number of nitrogens with one attached hydrogen (secondary N) is 1. The molecule has 0 aliphatic carbocycles. The molecule has 1 fully saturated rings. The van der Waals surface area contributed by atoms with Crippen molar-refractivity contribution in [3.63, 3.8) is 0 Å². The molecule has 44 heavy (non-hydrogen) atoms. The molecule has 1 saturated heterocycles. The van der Waals surface area contributed by atoms with Crippen LogP contribution in [-0.4, -0.2) is 53.8 Å². The van der Waals surface area contributed by atoms with Crippen LogP contribution in [0.25, 0.3) is 11.1 Å². The number of hydrogen-bond acceptors (Lipinski definition) is 6. The van der Waals surface area contributed by atoms with Crippen molar-refractivity contribution < 1.29 is 19.4 Å². The van der Waals surface area contributed by atoms with Crippen LogP contribution in [0.15, 0.2) is 113 Å². The number of aliphatic hydroxyl groups excluding tert-OH is 1. The Balaban J connectivity index is 1.40. The summed E-state index contributed by atoms with van der Waals surface area (Å²) >= 11 is 3.54. The molecule has 2 aliphatic rings. The van der Waals surface area contributed by atoms with Crippen molar-refractivity contribution in [3.05, 3.63) is 124 Å². The molecule has 0 radical (unpaired) electrons. The average Bonchev–Trinajstić information content (AvgIpc) is 3.72. The Kier molecular flexibility index (Phi) is 9.40. The van der Waals surface area contributed by atoms with E-state index in [4.69, 9.17) is 19.6 Å². The van der Waals surface area contributed by atoms with Gasteiger partial charge in [-0.2, -0.15) is 0 Å². The number of carbonyl (C=O) groups excluding carboxylic acids is 1. The standard InChI is InChI=1S/C36H36BrN3O4/c37-31-17-9-26(10-18-31)25-36(35(42)39-40-21-4-5-22-40)33(29-13-11-28(12-14-29)27-7-2-1-3-8-27)44-34(38-36)30-15-19-32(20-16-30)43-24-6-23-41/h1-3,7-20,33,41H,4-6,21-25H2,(H,39,42)/t33-,36-/m0/s1. The first-order valence-electron chi connectivity index (χ1n) is 15.1. The zero-order valence-corrected chi connectivity index (χ0v) is 26.1. The number of hydrazine groups is 1. The van der Waals surface area contributed by atoms with Crippen LogP contribution in [0.5, 0.6) is 5.75 Å². The molecule has 0 unspecified atom stereocenters. The summed E-state index contributed by atoms with van der Waals surface area (Å²) in [5.41, 5.74) is 6.78. The monoisotopic (exact) mass is 653 g/mol. The normalized spacial score (nSPS) is 19.8. The number of carbonyl (C=O) groups is 1. The van der Waals surface area contributed by atoms with E-state index in [1.165, 1.54) is 0 Å². The molecule has 0 aromatic heterocycles. The molecule has 1 amide bonds. The van der Waals surface area contributed by atoms with E-state index in [-0.39, 0.29) is 12.5 Å². The molecule has 2 aliphatic heterocycles. The van der Waals surface area contributed by atoms with Crippen LogP contribution in [0.2, 0.25) is 0 Å². The highest BCUT2D eigenvalue weighted by Gasteiger charge is 2.53. The van der Waals surface area contributed by atoms with Crippen molar-refractivity contribution in [3.8, 4) is 16.9 Å². The summed E-state index contributed by atoms with van der Waals surface area (Å²) in [4.78, 5) is 19.6. The molecule has 7 nitrogen and oxygen atoms in total. The number of nitrogens with zero attached hydrogens (tertiary/aromatic N) is 2. The molecule has 2 heterocycles. The van der Waals surface area contributed by atoms with Crippen LogP contribution in [0.1, 0.15) is 42.1 Å². The zero-order valence-electron chi connectivity index (χ0n) is 24.5. The Morgan fingerprint density at radius 1 is 0.909 bits per heavy atom. The molecular weight excluding hydrogens is 618 g/mol. The number of rotatable bonds is 11. The van der Waals surface area contributed by atoms with E-state index in [0.717, 1.165) is 58.2 Å². The van der Waals surface area contributed by atoms with Gasteiger partial charge in [-0.05, 0) is 71.5 Å². The molecule has 0 bridgehead atoms. The minimum atomic E-state index is -1.25. The average molecular weight is 655 g/mol. The zero-order chi connectivity index (χ0) is 30.4. The van der Waals surface area contributed by atoms with E-state index in [9.17, 15) is 4.79 Å². The van der Waals surface area contributed by atoms with Crippen LogP contribution in [-0.2, 0) is 16.0 Å². The van der Waals surface area contributed by atoms with Crippen LogP contribution in [0.3, 0.4) is 0 Å². The lowest BCUT2D eigenvalue weighted by Gasteiger charge is -2.32. The van der Waals surface area contributed by atoms with Gasteiger partial charge in [0.2, 0.25) is 5.90 Å². The third-order valence-electron chi connectivity index (χ3n) is 8.10. The van der Waals surface area contributed by atoms with Crippen molar-refractivity contribution in [2.45, 2.75) is 37.3 Å². The lowest BCUT2D eigenvalue weighted by atomic mass is 9.82. The molecule has 4 aromatic rings. The quantitative estimate of drug-likeness (QED) is 0.181. The third kappa shape index (κ3) is 6.73. The van der Waals surface area contributed by atoms with E-state index >= 15 is 0 Å². The molecule has 6 rings (SSSR count). The van der Waals surface area contributed by atoms with Crippen LogP contribution >= 0.6 is 15.9 Å². The molecule has 2 atom stereocenters. The van der Waals surface area contributed by atoms with Gasteiger partial charge in [-0.1, -0.05) is 82.7 Å². The van der Waals surface area contributed by atoms with Gasteiger partial charge in [-0.3, -0.25) is 10.2 Å². The maximum Gasteiger partial charge on any atom is 0.266 e. The lowest BCUT2D eigenvalue weighted by Crippen LogP contribution is -2.54. The predicted molar refractivity (Wildman–Crippen MR) is 175 cm³/mol. The van der Waals surface area contributed by atoms with Gasteiger partial charge in [0.25, 0.3) is 5.91 Å². The molecular formula is C36H36BrN3O4. The topological polar surface area (TPSA) is 83.4 Å². The van der Waals surface area contributed by atoms with Gasteiger partial charge in [-0.15, -0.1) is 0 Å². The summed E-state index contributed by atoms with van der Waals surface area (Å²) in [5.74, 6) is 0.929. The Bertz CT molecular complexity index is 1570. The fourth-order valence-electron chi connectivity index (χ4n) is 5.75. The molecule has 0 saturated carbocycles. The molecule has 8 heteroatoms. The van der Waals surface area contributed by atoms with E-state index in [1.807, 2.05) is 83.9 Å². The summed E-state index contributed by atoms with van der Waals surface area (Å²) in [6.45, 7) is 2.13. The van der Waals surface area contributed by atoms with Gasteiger partial charge in [0.05, 0.1) is 6.61 Å². The number of ether oxygens (including phenoxy) is 2. The van der Waals surface area contributed by atoms with Crippen LogP contribution in [0.4, 0.5) is 0 Å². The second kappa shape index (κ2) is 13.8. The molecule has 226 valence electrons. The van der Waals surface area contributed by atoms with Crippen molar-refractivity contribution in [1.29, 1.82) is 0 Å². The third-order valence-corrected chi connectivity index (χ3v) is 8.63. The number of halogens is 1. The van der Waals surface area contributed by atoms with Crippen molar-refractivity contribution in [2.75, 3.05) is 26.3 Å². The minimum Gasteiger partial charge on any atom is -0.494 e. The van der Waals surface area contributed by atoms with E-state index in [0.29, 0.717) is 31.1 Å². The maximum atomic E-state index is 14.5. The van der Waals surface area contributed by atoms with Crippen molar-refractivity contribution in [1.82, 2.24) is 10.4 Å². The maximum absolute atomic E-state index is 14.5. The molecule has 0 spiro atoms. The largest absolute Gasteiger partial charge is 0.494 e. The fraction of sp³-hybridized carbons (Fsp3) is 0.278. The Morgan fingerprint density at radius 2 is 1.57 bits per heavy atom. The summed E-state index contributed by atoms with van der Waals surface area (Å²) in [7, 11) is 0. The van der Waals surface area contributed by atoms with E-state index < -0.39 is 11.6 Å². The highest BCUT2D eigenvalue weighted by Crippen LogP contribution is 2.43. The van der Waals surface area contributed by atoms with E-state index in [1.54, 1.807) is 0 Å². The first-order chi connectivity index (χ1) is 21.5. The van der Waals surface area contributed by atoms with Crippen molar-refractivity contribution >= 4 is 27.7 Å². The minimum absolute atomic E-state index is 0.0798. The summed E-state index contributed by atoms with van der Waals surface area (Å²) < 4.78 is 13.4. The van der Waals surface area contributed by atoms with Crippen LogP contribution in [0, 0.1) is 0 Å². The highest BCUT2D eigenvalue weighted by molar-refractivity contribution is 9.10. The number of aliphatic hydroxyl groups is 1. The summed E-state index contributed by atoms with van der Waals surface area (Å²) in [5, 5.41) is 11.1. The van der Waals surface area contributed by atoms with Gasteiger partial charge in [0.15, 0.2) is 11.6 Å². The fourth-order valence-corrected chi connectivity index (χ4v) is 6.01. The lowest BCUT2D eigenvalue weighted by molar-refractivity contribution is -0.133. The Labute approximate surface area is 266 Å². The highest BCUT2D eigenvalue weighted by atomic mass is 79.9. The SMILES string of the molecule is O=C(NN1CCCC1)[C@@]1(Cc2ccc(Br)cc2)N=C(c2ccc(OCCCO)cc2)O[C@H]1c1ccc(-c2ccccc2)cc1. The van der Waals surface area contributed by atoms with Gasteiger partial charge >= 0.3 is 0 Å². The Morgan fingerprint density at radius 3 is 2.25 bits per heavy atom. The number of amides is 1. The van der Waals surface area contributed by atoms with Gasteiger partial charge in [0, 0.05) is 42.6 Å². The molecule has 2 N–H and O–H groups in total. The summed E-state index contributed by atoms with van der Waals surface area (Å²) in [6, 6.07) is 34.0. The molecule has 4 aromatic carbocycles.